The lowest BCUT2D eigenvalue weighted by atomic mass is 10.2. The molecule has 0 amide bonds. The van der Waals surface area contributed by atoms with Crippen molar-refractivity contribution in [2.24, 2.45) is 0 Å². The average Bonchev–Trinajstić information content (AvgIpc) is 2.39. The SMILES string of the molecule is CN(Cc1ccccc1)c1ncc(C#N)cc1N. The van der Waals surface area contributed by atoms with Crippen LogP contribution in [0.1, 0.15) is 11.1 Å². The van der Waals surface area contributed by atoms with Gasteiger partial charge in [0.2, 0.25) is 0 Å². The number of anilines is 2. The Hall–Kier alpha value is -2.54. The van der Waals surface area contributed by atoms with Crippen molar-refractivity contribution in [2.45, 2.75) is 6.54 Å². The van der Waals surface area contributed by atoms with E-state index in [0.717, 1.165) is 6.54 Å². The van der Waals surface area contributed by atoms with Crippen molar-refractivity contribution in [1.29, 1.82) is 5.26 Å². The largest absolute Gasteiger partial charge is 0.396 e. The lowest BCUT2D eigenvalue weighted by molar-refractivity contribution is 0.900. The molecule has 0 spiro atoms. The Kier molecular flexibility index (Phi) is 3.44. The fourth-order valence-corrected chi connectivity index (χ4v) is 1.79. The molecule has 1 aromatic carbocycles. The smallest absolute Gasteiger partial charge is 0.151 e. The van der Waals surface area contributed by atoms with Gasteiger partial charge in [0.25, 0.3) is 0 Å². The van der Waals surface area contributed by atoms with Gasteiger partial charge >= 0.3 is 0 Å². The minimum Gasteiger partial charge on any atom is -0.396 e. The zero-order valence-electron chi connectivity index (χ0n) is 10.2. The second-order valence-electron chi connectivity index (χ2n) is 4.09. The summed E-state index contributed by atoms with van der Waals surface area (Å²) in [6.07, 6.45) is 1.53. The molecule has 2 N–H and O–H groups in total. The number of pyridine rings is 1. The van der Waals surface area contributed by atoms with Gasteiger partial charge in [0.1, 0.15) is 6.07 Å². The maximum absolute atomic E-state index is 8.77. The third-order valence-corrected chi connectivity index (χ3v) is 2.65. The van der Waals surface area contributed by atoms with Crippen LogP contribution in [0.15, 0.2) is 42.6 Å². The quantitative estimate of drug-likeness (QED) is 0.890. The minimum atomic E-state index is 0.476. The van der Waals surface area contributed by atoms with Gasteiger partial charge < -0.3 is 10.6 Å². The molecule has 4 nitrogen and oxygen atoms in total. The molecule has 0 atom stereocenters. The summed E-state index contributed by atoms with van der Waals surface area (Å²) in [5, 5.41) is 8.77. The maximum atomic E-state index is 8.77. The van der Waals surface area contributed by atoms with E-state index in [0.29, 0.717) is 17.1 Å². The molecule has 0 saturated carbocycles. The van der Waals surface area contributed by atoms with Crippen molar-refractivity contribution in [3.63, 3.8) is 0 Å². The number of rotatable bonds is 3. The van der Waals surface area contributed by atoms with Crippen LogP contribution in [0.25, 0.3) is 0 Å². The summed E-state index contributed by atoms with van der Waals surface area (Å²) in [7, 11) is 1.93. The molecule has 0 radical (unpaired) electrons. The predicted molar refractivity (Wildman–Crippen MR) is 71.9 cm³/mol. The third-order valence-electron chi connectivity index (χ3n) is 2.65. The van der Waals surface area contributed by atoms with Gasteiger partial charge in [0, 0.05) is 19.8 Å². The van der Waals surface area contributed by atoms with E-state index in [2.05, 4.69) is 17.1 Å². The Morgan fingerprint density at radius 3 is 2.67 bits per heavy atom. The molecule has 0 aliphatic heterocycles. The summed E-state index contributed by atoms with van der Waals surface area (Å²) < 4.78 is 0. The number of hydrogen-bond donors (Lipinski definition) is 1. The van der Waals surface area contributed by atoms with Crippen LogP contribution in [0.5, 0.6) is 0 Å². The molecular formula is C14H14N4. The molecule has 18 heavy (non-hydrogen) atoms. The second-order valence-corrected chi connectivity index (χ2v) is 4.09. The average molecular weight is 238 g/mol. The molecule has 0 bridgehead atoms. The maximum Gasteiger partial charge on any atom is 0.151 e. The first-order chi connectivity index (χ1) is 8.70. The molecule has 90 valence electrons. The number of benzene rings is 1. The van der Waals surface area contributed by atoms with Gasteiger partial charge in [-0.1, -0.05) is 30.3 Å². The Bertz CT molecular complexity index is 572. The predicted octanol–water partition coefficient (Wildman–Crippen LogP) is 2.17. The summed E-state index contributed by atoms with van der Waals surface area (Å²) in [6, 6.07) is 13.8. The molecule has 4 heteroatoms. The Morgan fingerprint density at radius 2 is 2.06 bits per heavy atom. The highest BCUT2D eigenvalue weighted by Crippen LogP contribution is 2.21. The zero-order chi connectivity index (χ0) is 13.0. The van der Waals surface area contributed by atoms with Crippen LogP contribution in [0.2, 0.25) is 0 Å². The summed E-state index contributed by atoms with van der Waals surface area (Å²) in [5.74, 6) is 0.692. The van der Waals surface area contributed by atoms with E-state index in [-0.39, 0.29) is 0 Å². The summed E-state index contributed by atoms with van der Waals surface area (Å²) in [6.45, 7) is 0.726. The van der Waals surface area contributed by atoms with Crippen LogP contribution in [0.4, 0.5) is 11.5 Å². The van der Waals surface area contributed by atoms with Gasteiger partial charge in [-0.15, -0.1) is 0 Å². The van der Waals surface area contributed by atoms with Gasteiger partial charge in [-0.2, -0.15) is 5.26 Å². The van der Waals surface area contributed by atoms with Crippen LogP contribution >= 0.6 is 0 Å². The minimum absolute atomic E-state index is 0.476. The van der Waals surface area contributed by atoms with E-state index < -0.39 is 0 Å². The molecule has 0 fully saturated rings. The number of nitrogens with zero attached hydrogens (tertiary/aromatic N) is 3. The van der Waals surface area contributed by atoms with Gasteiger partial charge in [0.15, 0.2) is 5.82 Å². The van der Waals surface area contributed by atoms with Gasteiger partial charge in [0.05, 0.1) is 11.3 Å². The lowest BCUT2D eigenvalue weighted by Crippen LogP contribution is -2.19. The molecule has 2 aromatic rings. The molecular weight excluding hydrogens is 224 g/mol. The fourth-order valence-electron chi connectivity index (χ4n) is 1.79. The van der Waals surface area contributed by atoms with Crippen molar-refractivity contribution >= 4 is 11.5 Å². The standard InChI is InChI=1S/C14H14N4/c1-18(10-11-5-3-2-4-6-11)14-13(16)7-12(8-15)9-17-14/h2-7,9H,10,16H2,1H3. The van der Waals surface area contributed by atoms with Crippen LogP contribution in [0, 0.1) is 11.3 Å². The van der Waals surface area contributed by atoms with Crippen LogP contribution < -0.4 is 10.6 Å². The highest BCUT2D eigenvalue weighted by Gasteiger charge is 2.08. The number of nitrogens with two attached hydrogens (primary N) is 1. The third kappa shape index (κ3) is 2.58. The van der Waals surface area contributed by atoms with Crippen molar-refractivity contribution in [3.05, 3.63) is 53.7 Å². The molecule has 0 aliphatic rings. The number of hydrogen-bond acceptors (Lipinski definition) is 4. The van der Waals surface area contributed by atoms with Crippen LogP contribution in [-0.2, 0) is 6.54 Å². The first-order valence-electron chi connectivity index (χ1n) is 5.61. The number of aromatic nitrogens is 1. The van der Waals surface area contributed by atoms with Gasteiger partial charge in [-0.25, -0.2) is 4.98 Å². The summed E-state index contributed by atoms with van der Waals surface area (Å²) in [5.41, 5.74) is 8.08. The van der Waals surface area contributed by atoms with E-state index in [9.17, 15) is 0 Å². The summed E-state index contributed by atoms with van der Waals surface area (Å²) >= 11 is 0. The highest BCUT2D eigenvalue weighted by atomic mass is 15.2. The van der Waals surface area contributed by atoms with E-state index in [4.69, 9.17) is 11.0 Å². The molecule has 1 aromatic heterocycles. The molecule has 0 unspecified atom stereocenters. The zero-order valence-corrected chi connectivity index (χ0v) is 10.2. The van der Waals surface area contributed by atoms with Crippen molar-refractivity contribution in [1.82, 2.24) is 4.98 Å². The topological polar surface area (TPSA) is 65.9 Å². The summed E-state index contributed by atoms with van der Waals surface area (Å²) in [4.78, 5) is 6.19. The fraction of sp³-hybridized carbons (Fsp3) is 0.143. The first-order valence-corrected chi connectivity index (χ1v) is 5.61. The molecule has 2 rings (SSSR count). The van der Waals surface area contributed by atoms with Crippen LogP contribution in [-0.4, -0.2) is 12.0 Å². The van der Waals surface area contributed by atoms with Crippen molar-refractivity contribution in [2.75, 3.05) is 17.7 Å². The van der Waals surface area contributed by atoms with Crippen molar-refractivity contribution in [3.8, 4) is 6.07 Å². The lowest BCUT2D eigenvalue weighted by Gasteiger charge is -2.19. The van der Waals surface area contributed by atoms with E-state index in [1.807, 2.05) is 36.2 Å². The molecule has 0 aliphatic carbocycles. The molecule has 1 heterocycles. The van der Waals surface area contributed by atoms with Gasteiger partial charge in [-0.05, 0) is 11.6 Å². The Balaban J connectivity index is 2.19. The van der Waals surface area contributed by atoms with E-state index >= 15 is 0 Å². The van der Waals surface area contributed by atoms with Gasteiger partial charge in [-0.3, -0.25) is 0 Å². The van der Waals surface area contributed by atoms with Crippen molar-refractivity contribution < 1.29 is 0 Å². The Labute approximate surface area is 106 Å². The normalized spacial score (nSPS) is 9.78. The van der Waals surface area contributed by atoms with E-state index in [1.54, 1.807) is 6.07 Å². The van der Waals surface area contributed by atoms with Crippen LogP contribution in [0.3, 0.4) is 0 Å². The number of nitrogen functional groups attached to an aromatic ring is 1. The highest BCUT2D eigenvalue weighted by molar-refractivity contribution is 5.64. The molecule has 0 saturated heterocycles. The van der Waals surface area contributed by atoms with E-state index in [1.165, 1.54) is 11.8 Å². The monoisotopic (exact) mass is 238 g/mol. The first kappa shape index (κ1) is 11.9. The Morgan fingerprint density at radius 1 is 1.33 bits per heavy atom. The number of nitriles is 1. The second kappa shape index (κ2) is 5.19.